The van der Waals surface area contributed by atoms with E-state index in [0.717, 1.165) is 0 Å². The number of phenols is 2. The predicted molar refractivity (Wildman–Crippen MR) is 198 cm³/mol. The summed E-state index contributed by atoms with van der Waals surface area (Å²) in [4.78, 5) is 7.54. The van der Waals surface area contributed by atoms with Crippen LogP contribution in [0.3, 0.4) is 0 Å². The lowest BCUT2D eigenvalue weighted by atomic mass is 10.3. The largest absolute Gasteiger partial charge is 0.741 e. The molecule has 0 bridgehead atoms. The Morgan fingerprint density at radius 1 is 0.357 bits per heavy atom. The highest BCUT2D eigenvalue weighted by Crippen LogP contribution is 2.33. The van der Waals surface area contributed by atoms with Gasteiger partial charge in [0.2, 0.25) is 0 Å². The van der Waals surface area contributed by atoms with E-state index in [4.69, 9.17) is 25.9 Å². The van der Waals surface area contributed by atoms with Crippen LogP contribution in [-0.4, -0.2) is 47.2 Å². The van der Waals surface area contributed by atoms with Gasteiger partial charge in [-0.1, -0.05) is 72.8 Å². The van der Waals surface area contributed by atoms with E-state index in [1.807, 2.05) is 48.5 Å². The third kappa shape index (κ3) is 14.3. The van der Waals surface area contributed by atoms with Crippen molar-refractivity contribution in [3.63, 3.8) is 0 Å². The van der Waals surface area contributed by atoms with Crippen LogP contribution in [0.25, 0.3) is 0 Å². The molecule has 6 aromatic rings. The average molecular weight is 857 g/mol. The summed E-state index contributed by atoms with van der Waals surface area (Å²) in [7, 11) is -12.4. The van der Waals surface area contributed by atoms with Gasteiger partial charge in [-0.15, -0.1) is 0 Å². The second-order valence-electron chi connectivity index (χ2n) is 10.7. The minimum atomic E-state index is -6.09. The first-order valence-electron chi connectivity index (χ1n) is 15.5. The second kappa shape index (κ2) is 20.3. The number of hydrogen-bond donors (Lipinski definition) is 2. The highest BCUT2D eigenvalue weighted by atomic mass is 32.2. The summed E-state index contributed by atoms with van der Waals surface area (Å²) in [5.74, 6) is 0.608. The molecule has 0 amide bonds. The summed E-state index contributed by atoms with van der Waals surface area (Å²) in [6.07, 6.45) is 0. The van der Waals surface area contributed by atoms with Crippen LogP contribution in [0.5, 0.6) is 11.5 Å². The standard InChI is InChI=1S/2C18H14OS.2CHF3O3S/c2*19-15-11-13-18(14-12-15)20(16-7-3-1-4-8-16)17-9-5-2-6-10-17;2*2-1(3,4)8(5,6)7/h2*1-14H;2*(H,5,6,7). The summed E-state index contributed by atoms with van der Waals surface area (Å²) >= 11 is 0. The van der Waals surface area contributed by atoms with E-state index in [1.165, 1.54) is 29.4 Å². The average Bonchev–Trinajstić information content (AvgIpc) is 3.15. The van der Waals surface area contributed by atoms with Gasteiger partial charge in [-0.05, 0) is 97.1 Å². The Bertz CT molecular complexity index is 2040. The first-order valence-corrected chi connectivity index (χ1v) is 20.8. The summed E-state index contributed by atoms with van der Waals surface area (Å²) in [6.45, 7) is 0. The molecule has 8 nitrogen and oxygen atoms in total. The summed E-state index contributed by atoms with van der Waals surface area (Å²) in [5.41, 5.74) is -11.3. The maximum absolute atomic E-state index is 10.7. The highest BCUT2D eigenvalue weighted by Gasteiger charge is 2.37. The molecule has 0 aliphatic rings. The van der Waals surface area contributed by atoms with Gasteiger partial charge in [-0.25, -0.2) is 16.8 Å². The van der Waals surface area contributed by atoms with Gasteiger partial charge in [0.15, 0.2) is 49.6 Å². The van der Waals surface area contributed by atoms with Crippen LogP contribution < -0.4 is 0 Å². The SMILES string of the molecule is O=S(=O)([O-])C(F)(F)F.O=S(=O)([O-])C(F)(F)F.Oc1ccc([S+](c2ccccc2)c2ccccc2)cc1.Oc1ccc([S+](c2ccccc2)c2ccccc2)cc1. The molecule has 0 fully saturated rings. The number of hydrogen-bond acceptors (Lipinski definition) is 8. The monoisotopic (exact) mass is 856 g/mol. The topological polar surface area (TPSA) is 155 Å². The molecule has 0 radical (unpaired) electrons. The van der Waals surface area contributed by atoms with E-state index >= 15 is 0 Å². The minimum Gasteiger partial charge on any atom is -0.741 e. The van der Waals surface area contributed by atoms with Gasteiger partial charge in [-0.2, -0.15) is 26.3 Å². The van der Waals surface area contributed by atoms with Crippen molar-refractivity contribution >= 4 is 42.0 Å². The van der Waals surface area contributed by atoms with Gasteiger partial charge in [0, 0.05) is 0 Å². The first kappa shape index (κ1) is 45.4. The van der Waals surface area contributed by atoms with E-state index in [-0.39, 0.29) is 21.8 Å². The Kier molecular flexibility index (Phi) is 16.4. The molecule has 0 aliphatic heterocycles. The number of alkyl halides is 6. The number of halogens is 6. The molecular formula is C38H30F6O8S4. The molecule has 6 aromatic carbocycles. The third-order valence-electron chi connectivity index (χ3n) is 6.63. The zero-order chi connectivity index (χ0) is 41.6. The van der Waals surface area contributed by atoms with Crippen LogP contribution >= 0.6 is 0 Å². The summed E-state index contributed by atoms with van der Waals surface area (Å²) < 4.78 is 118. The van der Waals surface area contributed by atoms with Gasteiger partial charge in [0.25, 0.3) is 0 Å². The number of rotatable bonds is 6. The van der Waals surface area contributed by atoms with Crippen LogP contribution in [0.2, 0.25) is 0 Å². The molecule has 18 heteroatoms. The van der Waals surface area contributed by atoms with E-state index < -0.39 is 31.3 Å². The second-order valence-corrected chi connectivity index (χ2v) is 17.4. The van der Waals surface area contributed by atoms with Crippen molar-refractivity contribution in [3.05, 3.63) is 170 Å². The smallest absolute Gasteiger partial charge is 0.485 e. The molecule has 0 aliphatic carbocycles. The van der Waals surface area contributed by atoms with Gasteiger partial charge in [0.1, 0.15) is 11.5 Å². The molecule has 0 heterocycles. The fourth-order valence-electron chi connectivity index (χ4n) is 4.21. The maximum Gasteiger partial charge on any atom is 0.485 e. The Labute approximate surface area is 324 Å². The zero-order valence-corrected chi connectivity index (χ0v) is 31.7. The Morgan fingerprint density at radius 2 is 0.518 bits per heavy atom. The Morgan fingerprint density at radius 3 is 0.679 bits per heavy atom. The number of aromatic hydroxyl groups is 2. The van der Waals surface area contributed by atoms with E-state index in [2.05, 4.69) is 97.1 Å². The lowest BCUT2D eigenvalue weighted by molar-refractivity contribution is -0.0522. The van der Waals surface area contributed by atoms with Crippen molar-refractivity contribution in [2.75, 3.05) is 0 Å². The quantitative estimate of drug-likeness (QED) is 0.0728. The Hall–Kier alpha value is -4.98. The van der Waals surface area contributed by atoms with Gasteiger partial charge in [0.05, 0.1) is 21.8 Å². The van der Waals surface area contributed by atoms with Crippen molar-refractivity contribution in [1.29, 1.82) is 0 Å². The van der Waals surface area contributed by atoms with Crippen molar-refractivity contribution < 1.29 is 62.5 Å². The van der Waals surface area contributed by atoms with Crippen LogP contribution in [0, 0.1) is 0 Å². The molecule has 0 atom stereocenters. The third-order valence-corrected chi connectivity index (χ3v) is 12.2. The predicted octanol–water partition coefficient (Wildman–Crippen LogP) is 9.08. The fraction of sp³-hybridized carbons (Fsp3) is 0.0526. The maximum atomic E-state index is 10.7. The summed E-state index contributed by atoms with van der Waals surface area (Å²) in [6, 6.07) is 56.9. The molecule has 0 saturated carbocycles. The van der Waals surface area contributed by atoms with Crippen LogP contribution in [0.1, 0.15) is 0 Å². The normalized spacial score (nSPS) is 11.6. The van der Waals surface area contributed by atoms with Gasteiger partial charge in [-0.3, -0.25) is 0 Å². The number of phenolic OH excluding ortho intramolecular Hbond substituents is 2. The van der Waals surface area contributed by atoms with Crippen molar-refractivity contribution in [3.8, 4) is 11.5 Å². The fourth-order valence-corrected chi connectivity index (χ4v) is 8.37. The lowest BCUT2D eigenvalue weighted by Crippen LogP contribution is -2.21. The van der Waals surface area contributed by atoms with Crippen LogP contribution in [-0.2, 0) is 42.0 Å². The Balaban J connectivity index is 0.000000220. The first-order chi connectivity index (χ1) is 26.2. The zero-order valence-electron chi connectivity index (χ0n) is 28.4. The molecule has 2 N–H and O–H groups in total. The molecule has 0 spiro atoms. The molecule has 0 unspecified atom stereocenters. The lowest BCUT2D eigenvalue weighted by Gasteiger charge is -2.08. The molecule has 0 saturated heterocycles. The van der Waals surface area contributed by atoms with E-state index in [9.17, 15) is 36.6 Å². The molecule has 296 valence electrons. The van der Waals surface area contributed by atoms with Crippen molar-refractivity contribution in [1.82, 2.24) is 0 Å². The van der Waals surface area contributed by atoms with E-state index in [0.29, 0.717) is 11.5 Å². The molecule has 0 aromatic heterocycles. The summed E-state index contributed by atoms with van der Waals surface area (Å²) in [5, 5.41) is 19.0. The van der Waals surface area contributed by atoms with Crippen LogP contribution in [0.15, 0.2) is 199 Å². The number of benzene rings is 6. The van der Waals surface area contributed by atoms with Gasteiger partial charge < -0.3 is 19.3 Å². The molecule has 56 heavy (non-hydrogen) atoms. The van der Waals surface area contributed by atoms with Crippen molar-refractivity contribution in [2.24, 2.45) is 0 Å². The van der Waals surface area contributed by atoms with Crippen LogP contribution in [0.4, 0.5) is 26.3 Å². The van der Waals surface area contributed by atoms with E-state index in [1.54, 1.807) is 24.3 Å². The van der Waals surface area contributed by atoms with Gasteiger partial charge >= 0.3 is 11.0 Å². The minimum absolute atomic E-state index is 0.134. The van der Waals surface area contributed by atoms with Crippen molar-refractivity contribution in [2.45, 2.75) is 40.4 Å². The molecule has 6 rings (SSSR count). The highest BCUT2D eigenvalue weighted by molar-refractivity contribution is 7.97. The molecular weight excluding hydrogens is 827 g/mol.